The first-order chi connectivity index (χ1) is 7.70. The maximum Gasteiger partial charge on any atom is 0.261 e. The standard InChI is InChI=1S/C11H22N.CH4O3S/c1-12(2)9-5-7-10-6-3-4-8-11(10)12;1-5(2,3)4/h10-11H,3-9H2,1-2H3;1H3,(H,2,3,4)/q+1;. The first-order valence-corrected chi connectivity index (χ1v) is 8.30. The van der Waals surface area contributed by atoms with Gasteiger partial charge in [0.05, 0.1) is 32.9 Å². The topological polar surface area (TPSA) is 54.4 Å². The molecule has 5 heteroatoms. The van der Waals surface area contributed by atoms with E-state index in [0.29, 0.717) is 6.26 Å². The number of rotatable bonds is 0. The van der Waals surface area contributed by atoms with E-state index in [0.717, 1.165) is 12.0 Å². The van der Waals surface area contributed by atoms with Crippen molar-refractivity contribution in [3.05, 3.63) is 0 Å². The van der Waals surface area contributed by atoms with Crippen LogP contribution in [0.25, 0.3) is 0 Å². The largest absolute Gasteiger partial charge is 0.326 e. The van der Waals surface area contributed by atoms with Crippen LogP contribution in [-0.4, -0.2) is 50.4 Å². The molecule has 2 fully saturated rings. The van der Waals surface area contributed by atoms with Crippen molar-refractivity contribution in [3.63, 3.8) is 0 Å². The van der Waals surface area contributed by atoms with Crippen LogP contribution in [0, 0.1) is 5.92 Å². The van der Waals surface area contributed by atoms with E-state index in [1.807, 2.05) is 0 Å². The van der Waals surface area contributed by atoms with Crippen molar-refractivity contribution in [2.75, 3.05) is 26.9 Å². The summed E-state index contributed by atoms with van der Waals surface area (Å²) in [5, 5.41) is 0. The molecule has 2 atom stereocenters. The molecule has 17 heavy (non-hydrogen) atoms. The molecule has 1 heterocycles. The summed E-state index contributed by atoms with van der Waals surface area (Å²) in [6, 6.07) is 1.01. The Bertz CT molecular complexity index is 328. The number of quaternary nitrogens is 1. The van der Waals surface area contributed by atoms with Gasteiger partial charge in [0.25, 0.3) is 10.1 Å². The van der Waals surface area contributed by atoms with Gasteiger partial charge in [0.15, 0.2) is 0 Å². The molecule has 2 unspecified atom stereocenters. The lowest BCUT2D eigenvalue weighted by atomic mass is 9.77. The number of nitrogens with zero attached hydrogens (tertiary/aromatic N) is 1. The second kappa shape index (κ2) is 5.67. The lowest BCUT2D eigenvalue weighted by molar-refractivity contribution is -0.925. The molecule has 0 aromatic carbocycles. The van der Waals surface area contributed by atoms with Crippen molar-refractivity contribution in [1.29, 1.82) is 0 Å². The van der Waals surface area contributed by atoms with Gasteiger partial charge in [-0.15, -0.1) is 0 Å². The van der Waals surface area contributed by atoms with Gasteiger partial charge in [-0.25, -0.2) is 0 Å². The molecule has 1 aliphatic carbocycles. The van der Waals surface area contributed by atoms with Gasteiger partial charge in [-0.3, -0.25) is 4.55 Å². The van der Waals surface area contributed by atoms with Gasteiger partial charge in [-0.05, 0) is 32.1 Å². The Kier molecular flexibility index (Phi) is 4.98. The Labute approximate surface area is 105 Å². The molecule has 2 rings (SSSR count). The molecule has 0 radical (unpaired) electrons. The summed E-state index contributed by atoms with van der Waals surface area (Å²) in [7, 11) is 1.20. The van der Waals surface area contributed by atoms with Crippen LogP contribution in [-0.2, 0) is 10.1 Å². The Hall–Kier alpha value is -0.130. The van der Waals surface area contributed by atoms with E-state index in [9.17, 15) is 8.42 Å². The molecule has 0 bridgehead atoms. The molecular weight excluding hydrogens is 238 g/mol. The maximum atomic E-state index is 9.19. The fourth-order valence-electron chi connectivity index (χ4n) is 3.37. The van der Waals surface area contributed by atoms with Crippen LogP contribution >= 0.6 is 0 Å². The number of fused-ring (bicyclic) bond motifs is 1. The Morgan fingerprint density at radius 1 is 1.06 bits per heavy atom. The first-order valence-electron chi connectivity index (χ1n) is 6.45. The lowest BCUT2D eigenvalue weighted by Gasteiger charge is -2.48. The van der Waals surface area contributed by atoms with E-state index in [-0.39, 0.29) is 0 Å². The second-order valence-corrected chi connectivity index (χ2v) is 7.46. The molecule has 0 aromatic rings. The second-order valence-electron chi connectivity index (χ2n) is 5.99. The highest BCUT2D eigenvalue weighted by Gasteiger charge is 2.39. The normalized spacial score (nSPS) is 32.0. The summed E-state index contributed by atoms with van der Waals surface area (Å²) in [6.45, 7) is 1.42. The highest BCUT2D eigenvalue weighted by atomic mass is 32.2. The number of hydrogen-bond donors (Lipinski definition) is 1. The van der Waals surface area contributed by atoms with Crippen LogP contribution in [0.1, 0.15) is 38.5 Å². The predicted molar refractivity (Wildman–Crippen MR) is 69.4 cm³/mol. The third-order valence-corrected chi connectivity index (χ3v) is 4.08. The van der Waals surface area contributed by atoms with Gasteiger partial charge in [-0.2, -0.15) is 8.42 Å². The molecule has 102 valence electrons. The van der Waals surface area contributed by atoms with Gasteiger partial charge in [-0.1, -0.05) is 6.42 Å². The van der Waals surface area contributed by atoms with Crippen LogP contribution in [0.15, 0.2) is 0 Å². The van der Waals surface area contributed by atoms with Gasteiger partial charge in [0.2, 0.25) is 0 Å². The SMILES string of the molecule is CS(=O)(=O)O.C[N+]1(C)CCCC2CCCCC21. The number of likely N-dealkylation sites (tertiary alicyclic amines) is 1. The van der Waals surface area contributed by atoms with Crippen molar-refractivity contribution in [3.8, 4) is 0 Å². The summed E-state index contributed by atoms with van der Waals surface area (Å²) in [5.74, 6) is 1.07. The van der Waals surface area contributed by atoms with E-state index >= 15 is 0 Å². The van der Waals surface area contributed by atoms with E-state index in [1.54, 1.807) is 0 Å². The van der Waals surface area contributed by atoms with Crippen molar-refractivity contribution in [2.45, 2.75) is 44.6 Å². The highest BCUT2D eigenvalue weighted by Crippen LogP contribution is 2.37. The van der Waals surface area contributed by atoms with Crippen molar-refractivity contribution in [2.24, 2.45) is 5.92 Å². The minimum atomic E-state index is -3.67. The monoisotopic (exact) mass is 264 g/mol. The Morgan fingerprint density at radius 3 is 2.06 bits per heavy atom. The zero-order valence-corrected chi connectivity index (χ0v) is 12.0. The molecule has 0 spiro atoms. The molecule has 0 amide bonds. The average Bonchev–Trinajstić information content (AvgIpc) is 2.15. The van der Waals surface area contributed by atoms with Crippen molar-refractivity contribution < 1.29 is 17.5 Å². The predicted octanol–water partition coefficient (Wildman–Crippen LogP) is 1.92. The zero-order chi connectivity index (χ0) is 13.1. The number of hydrogen-bond acceptors (Lipinski definition) is 2. The summed E-state index contributed by atoms with van der Waals surface area (Å²) >= 11 is 0. The van der Waals surface area contributed by atoms with Crippen molar-refractivity contribution in [1.82, 2.24) is 0 Å². The van der Waals surface area contributed by atoms with E-state index in [4.69, 9.17) is 4.55 Å². The molecule has 1 aliphatic heterocycles. The molecule has 0 aromatic heterocycles. The quantitative estimate of drug-likeness (QED) is 0.537. The van der Waals surface area contributed by atoms with E-state index < -0.39 is 10.1 Å². The number of piperidine rings is 1. The molecular formula is C12H26NO3S+. The minimum Gasteiger partial charge on any atom is -0.326 e. The maximum absolute atomic E-state index is 9.19. The Morgan fingerprint density at radius 2 is 1.53 bits per heavy atom. The molecule has 4 nitrogen and oxygen atoms in total. The Balaban J connectivity index is 0.000000249. The fourth-order valence-corrected chi connectivity index (χ4v) is 3.37. The summed E-state index contributed by atoms with van der Waals surface area (Å²) < 4.78 is 27.2. The van der Waals surface area contributed by atoms with Gasteiger partial charge < -0.3 is 4.48 Å². The minimum absolute atomic E-state index is 0.715. The lowest BCUT2D eigenvalue weighted by Crippen LogP contribution is -2.56. The zero-order valence-electron chi connectivity index (χ0n) is 11.2. The summed E-state index contributed by atoms with van der Waals surface area (Å²) in [5.41, 5.74) is 0. The summed E-state index contributed by atoms with van der Waals surface area (Å²) in [4.78, 5) is 0. The molecule has 2 aliphatic rings. The summed E-state index contributed by atoms with van der Waals surface area (Å²) in [6.07, 6.45) is 9.71. The van der Waals surface area contributed by atoms with E-state index in [1.165, 1.54) is 49.6 Å². The van der Waals surface area contributed by atoms with Gasteiger partial charge in [0, 0.05) is 5.92 Å². The molecule has 1 saturated heterocycles. The fraction of sp³-hybridized carbons (Fsp3) is 1.00. The third kappa shape index (κ3) is 5.36. The first kappa shape index (κ1) is 14.9. The van der Waals surface area contributed by atoms with Crippen molar-refractivity contribution >= 4 is 10.1 Å². The highest BCUT2D eigenvalue weighted by molar-refractivity contribution is 7.85. The van der Waals surface area contributed by atoms with Crippen LogP contribution in [0.3, 0.4) is 0 Å². The van der Waals surface area contributed by atoms with Crippen LogP contribution < -0.4 is 0 Å². The van der Waals surface area contributed by atoms with Gasteiger partial charge >= 0.3 is 0 Å². The average molecular weight is 264 g/mol. The molecule has 1 N–H and O–H groups in total. The van der Waals surface area contributed by atoms with Crippen LogP contribution in [0.2, 0.25) is 0 Å². The van der Waals surface area contributed by atoms with E-state index in [2.05, 4.69) is 14.1 Å². The van der Waals surface area contributed by atoms with Gasteiger partial charge in [0.1, 0.15) is 0 Å². The van der Waals surface area contributed by atoms with Crippen LogP contribution in [0.4, 0.5) is 0 Å². The smallest absolute Gasteiger partial charge is 0.261 e. The van der Waals surface area contributed by atoms with Crippen LogP contribution in [0.5, 0.6) is 0 Å². The molecule has 1 saturated carbocycles. The third-order valence-electron chi connectivity index (χ3n) is 4.08.